The lowest BCUT2D eigenvalue weighted by Gasteiger charge is -2.30. The molecule has 146 valence electrons. The summed E-state index contributed by atoms with van der Waals surface area (Å²) in [6.07, 6.45) is 4.81. The Hall–Kier alpha value is -3.12. The van der Waals surface area contributed by atoms with Crippen molar-refractivity contribution in [2.45, 2.75) is 26.1 Å². The molecule has 0 rings (SSSR count). The second-order valence-corrected chi connectivity index (χ2v) is 5.34. The van der Waals surface area contributed by atoms with Gasteiger partial charge in [0.15, 0.2) is 6.29 Å². The Morgan fingerprint density at radius 2 is 1.63 bits per heavy atom. The van der Waals surface area contributed by atoms with Crippen molar-refractivity contribution < 1.29 is 19.0 Å². The summed E-state index contributed by atoms with van der Waals surface area (Å²) in [6.45, 7) is 1.41. The van der Waals surface area contributed by atoms with E-state index in [9.17, 15) is 4.79 Å². The van der Waals surface area contributed by atoms with Crippen LogP contribution in [0.5, 0.6) is 0 Å². The lowest BCUT2D eigenvalue weighted by molar-refractivity contribution is -0.163. The van der Waals surface area contributed by atoms with E-state index in [-0.39, 0.29) is 45.9 Å². The molecule has 1 unspecified atom stereocenters. The third kappa shape index (κ3) is 12.0. The van der Waals surface area contributed by atoms with Gasteiger partial charge in [-0.2, -0.15) is 0 Å². The van der Waals surface area contributed by atoms with Crippen molar-refractivity contribution in [3.05, 3.63) is 31.3 Å². The molecule has 0 saturated carbocycles. The van der Waals surface area contributed by atoms with Gasteiger partial charge in [-0.15, -0.1) is 12.3 Å². The van der Waals surface area contributed by atoms with Gasteiger partial charge in [0.2, 0.25) is 0 Å². The average molecular weight is 379 g/mol. The Kier molecular flexibility index (Phi) is 13.4. The van der Waals surface area contributed by atoms with E-state index in [1.807, 2.05) is 0 Å². The molecule has 0 spiro atoms. The van der Waals surface area contributed by atoms with Crippen LogP contribution in [-0.4, -0.2) is 51.7 Å². The number of hydrogen-bond acceptors (Lipinski definition) is 7. The van der Waals surface area contributed by atoms with Crippen molar-refractivity contribution in [1.82, 2.24) is 0 Å². The molecule has 1 atom stereocenters. The highest BCUT2D eigenvalue weighted by atomic mass is 16.7. The van der Waals surface area contributed by atoms with Crippen LogP contribution >= 0.6 is 0 Å². The van der Waals surface area contributed by atoms with Crippen molar-refractivity contribution in [2.24, 2.45) is 20.8 Å². The van der Waals surface area contributed by atoms with E-state index in [1.165, 1.54) is 0 Å². The van der Waals surface area contributed by atoms with E-state index in [0.29, 0.717) is 6.42 Å². The molecule has 13 heteroatoms. The lowest BCUT2D eigenvalue weighted by atomic mass is 9.89. The zero-order valence-corrected chi connectivity index (χ0v) is 15.0. The van der Waals surface area contributed by atoms with Gasteiger partial charge >= 0.3 is 5.97 Å². The summed E-state index contributed by atoms with van der Waals surface area (Å²) in [6, 6.07) is 0. The zero-order chi connectivity index (χ0) is 20.4. The molecule has 0 saturated heterocycles. The van der Waals surface area contributed by atoms with Crippen LogP contribution in [0.3, 0.4) is 0 Å². The summed E-state index contributed by atoms with van der Waals surface area (Å²) < 4.78 is 15.8. The van der Waals surface area contributed by atoms with Gasteiger partial charge in [-0.25, -0.2) is 0 Å². The van der Waals surface area contributed by atoms with Crippen LogP contribution in [0, 0.1) is 17.8 Å². The van der Waals surface area contributed by atoms with Gasteiger partial charge in [-0.3, -0.25) is 4.79 Å². The van der Waals surface area contributed by atoms with Crippen LogP contribution in [0.2, 0.25) is 0 Å². The Bertz CT molecular complexity index is 593. The van der Waals surface area contributed by atoms with Crippen molar-refractivity contribution in [2.75, 3.05) is 39.5 Å². The van der Waals surface area contributed by atoms with Crippen LogP contribution < -0.4 is 0 Å². The molecule has 0 fully saturated rings. The fourth-order valence-electron chi connectivity index (χ4n) is 1.79. The van der Waals surface area contributed by atoms with Crippen molar-refractivity contribution >= 4 is 5.97 Å². The highest BCUT2D eigenvalue weighted by Crippen LogP contribution is 2.22. The van der Waals surface area contributed by atoms with Gasteiger partial charge in [0.05, 0.1) is 19.6 Å². The molecule has 0 amide bonds. The van der Waals surface area contributed by atoms with Gasteiger partial charge in [-0.05, 0) is 23.5 Å². The third-order valence-corrected chi connectivity index (χ3v) is 3.20. The van der Waals surface area contributed by atoms with Crippen LogP contribution in [0.4, 0.5) is 0 Å². The molecule has 0 aromatic carbocycles. The van der Waals surface area contributed by atoms with E-state index in [4.69, 9.17) is 37.2 Å². The molecule has 0 N–H and O–H groups in total. The monoisotopic (exact) mass is 379 g/mol. The summed E-state index contributed by atoms with van der Waals surface area (Å²) in [4.78, 5) is 19.3. The maximum atomic E-state index is 11.3. The van der Waals surface area contributed by atoms with E-state index >= 15 is 0 Å². The molecule has 27 heavy (non-hydrogen) atoms. The lowest BCUT2D eigenvalue weighted by Crippen LogP contribution is -2.38. The summed E-state index contributed by atoms with van der Waals surface area (Å²) in [7, 11) is 0. The van der Waals surface area contributed by atoms with Gasteiger partial charge in [-0.1, -0.05) is 15.3 Å². The first-order valence-electron chi connectivity index (χ1n) is 7.88. The van der Waals surface area contributed by atoms with Crippen molar-refractivity contribution in [3.8, 4) is 12.3 Å². The van der Waals surface area contributed by atoms with E-state index in [0.717, 1.165) is 0 Å². The molecule has 0 heterocycles. The predicted octanol–water partition coefficient (Wildman–Crippen LogP) is 3.24. The van der Waals surface area contributed by atoms with Crippen molar-refractivity contribution in [1.29, 1.82) is 0 Å². The first-order chi connectivity index (χ1) is 13.0. The number of ether oxygens (including phenoxy) is 3. The molecular formula is C14H21N9O4. The fourth-order valence-corrected chi connectivity index (χ4v) is 1.79. The quantitative estimate of drug-likeness (QED) is 0.0802. The van der Waals surface area contributed by atoms with Crippen molar-refractivity contribution in [3.63, 3.8) is 0 Å². The smallest absolute Gasteiger partial charge is 0.306 e. The molecule has 0 bridgehead atoms. The number of nitrogens with zero attached hydrogens (tertiary/aromatic N) is 9. The van der Waals surface area contributed by atoms with Crippen LogP contribution in [0.1, 0.15) is 19.8 Å². The molecule has 0 aliphatic heterocycles. The van der Waals surface area contributed by atoms with Gasteiger partial charge in [0, 0.05) is 46.2 Å². The summed E-state index contributed by atoms with van der Waals surface area (Å²) in [5, 5.41) is 10.4. The second kappa shape index (κ2) is 15.2. The second-order valence-electron chi connectivity index (χ2n) is 5.34. The first kappa shape index (κ1) is 23.9. The van der Waals surface area contributed by atoms with Crippen LogP contribution in [0.15, 0.2) is 15.3 Å². The summed E-state index contributed by atoms with van der Waals surface area (Å²) >= 11 is 0. The van der Waals surface area contributed by atoms with E-state index in [2.05, 4.69) is 36.0 Å². The number of terminal acetylenes is 1. The molecule has 0 aliphatic carbocycles. The Labute approximate surface area is 155 Å². The molecule has 0 aromatic rings. The highest BCUT2D eigenvalue weighted by molar-refractivity contribution is 5.69. The topological polar surface area (TPSA) is 191 Å². The third-order valence-electron chi connectivity index (χ3n) is 3.20. The summed E-state index contributed by atoms with van der Waals surface area (Å²) in [5.74, 6) is 1.92. The molecule has 0 radical (unpaired) electrons. The Morgan fingerprint density at radius 1 is 1.07 bits per heavy atom. The minimum atomic E-state index is -0.996. The molecule has 0 aliphatic rings. The van der Waals surface area contributed by atoms with E-state index in [1.54, 1.807) is 6.92 Å². The Balaban J connectivity index is 4.54. The fraction of sp³-hybridized carbons (Fsp3) is 0.786. The van der Waals surface area contributed by atoms with Gasteiger partial charge in [0.25, 0.3) is 0 Å². The summed E-state index contributed by atoms with van der Waals surface area (Å²) in [5.41, 5.74) is 24.6. The minimum absolute atomic E-state index is 0.0401. The number of esters is 1. The van der Waals surface area contributed by atoms with E-state index < -0.39 is 17.7 Å². The van der Waals surface area contributed by atoms with Crippen LogP contribution in [0.25, 0.3) is 31.3 Å². The number of carbonyl (C=O) groups is 1. The van der Waals surface area contributed by atoms with Crippen LogP contribution in [-0.2, 0) is 19.0 Å². The first-order valence-corrected chi connectivity index (χ1v) is 7.88. The highest BCUT2D eigenvalue weighted by Gasteiger charge is 2.29. The number of azide groups is 3. The molecular weight excluding hydrogens is 358 g/mol. The maximum Gasteiger partial charge on any atom is 0.306 e. The average Bonchev–Trinajstić information content (AvgIpc) is 2.68. The Morgan fingerprint density at radius 3 is 2.11 bits per heavy atom. The number of carbonyl (C=O) groups excluding carboxylic acids is 1. The van der Waals surface area contributed by atoms with Gasteiger partial charge < -0.3 is 14.2 Å². The largest absolute Gasteiger partial charge is 0.463 e. The molecule has 0 aromatic heterocycles. The number of rotatable bonds is 15. The predicted molar refractivity (Wildman–Crippen MR) is 94.9 cm³/mol. The standard InChI is InChI=1S/C14H21N9O4/c1-3-4-5-13(24)26-7-6-25-12(2)27-11-14(8-18-21-15,9-19-22-16)10-20-23-17/h1,12H,4-11H2,2H3. The minimum Gasteiger partial charge on any atom is -0.463 e. The maximum absolute atomic E-state index is 11.3. The zero-order valence-electron chi connectivity index (χ0n) is 15.0. The van der Waals surface area contributed by atoms with Gasteiger partial charge in [0.1, 0.15) is 6.61 Å². The SMILES string of the molecule is C#CCCC(=O)OCCOC(C)OCC(CN=[N+]=[N-])(CN=[N+]=[N-])CN=[N+]=[N-]. The normalized spacial score (nSPS) is 12.9. The number of hydrogen-bond donors (Lipinski definition) is 0. The molecule has 13 nitrogen and oxygen atoms in total.